The number of hydrogen-bond acceptors (Lipinski definition) is 6. The van der Waals surface area contributed by atoms with Crippen LogP contribution in [0.3, 0.4) is 0 Å². The Hall–Kier alpha value is -3.36. The van der Waals surface area contributed by atoms with Crippen LogP contribution in [0.15, 0.2) is 23.0 Å². The summed E-state index contributed by atoms with van der Waals surface area (Å²) in [5.41, 5.74) is 3.65. The molecule has 0 fully saturated rings. The second-order valence-electron chi connectivity index (χ2n) is 6.07. The maximum atomic E-state index is 12.3. The van der Waals surface area contributed by atoms with Crippen molar-refractivity contribution in [3.63, 3.8) is 0 Å². The van der Waals surface area contributed by atoms with Crippen molar-refractivity contribution in [3.05, 3.63) is 50.9 Å². The van der Waals surface area contributed by atoms with Crippen molar-refractivity contribution in [2.24, 2.45) is 0 Å². The highest BCUT2D eigenvalue weighted by Crippen LogP contribution is 2.12. The largest absolute Gasteiger partial charge is 0.377 e. The second kappa shape index (κ2) is 9.37. The fourth-order valence-electron chi connectivity index (χ4n) is 2.41. The molecule has 0 aliphatic heterocycles. The quantitative estimate of drug-likeness (QED) is 0.211. The first kappa shape index (κ1) is 20.0. The zero-order valence-electron chi connectivity index (χ0n) is 15.8. The third kappa shape index (κ3) is 5.56. The minimum absolute atomic E-state index is 0.196. The van der Waals surface area contributed by atoms with Crippen molar-refractivity contribution < 1.29 is 0 Å². The monoisotopic (exact) mass is 370 g/mol. The van der Waals surface area contributed by atoms with Gasteiger partial charge in [-0.05, 0) is 30.5 Å². The van der Waals surface area contributed by atoms with E-state index in [9.17, 15) is 4.79 Å². The van der Waals surface area contributed by atoms with E-state index in [2.05, 4.69) is 57.2 Å². The molecule has 7 N–H and O–H groups in total. The zero-order chi connectivity index (χ0) is 19.8. The van der Waals surface area contributed by atoms with Gasteiger partial charge in [-0.15, -0.1) is 0 Å². The molecule has 27 heavy (non-hydrogen) atoms. The van der Waals surface area contributed by atoms with Gasteiger partial charge in [0.05, 0.1) is 0 Å². The van der Waals surface area contributed by atoms with Crippen molar-refractivity contribution in [2.75, 3.05) is 30.8 Å². The standard InChI is InChI=1S/C18H26N8O/c1-11-4-5-13(8-12(11)2)10-24-18-25-14(9-19)15(16(27)26-18)22-6-7-23-17(20)21-3/h4-5,8-9,19,22H,6-7,10H2,1-3H3,(H3,20,21,23)(H2,24,25,26,27). The van der Waals surface area contributed by atoms with E-state index in [1.165, 1.54) is 11.1 Å². The number of nitrogens with one attached hydrogen (secondary N) is 7. The molecular formula is C18H26N8O. The molecule has 9 nitrogen and oxygen atoms in total. The second-order valence-corrected chi connectivity index (χ2v) is 6.07. The Balaban J connectivity index is 2.03. The molecule has 0 aliphatic carbocycles. The van der Waals surface area contributed by atoms with Crippen LogP contribution in [0.2, 0.25) is 0 Å². The highest BCUT2D eigenvalue weighted by Gasteiger charge is 2.09. The molecule has 0 saturated heterocycles. The van der Waals surface area contributed by atoms with Crippen LogP contribution in [-0.4, -0.2) is 42.3 Å². The summed E-state index contributed by atoms with van der Waals surface area (Å²) in [5.74, 6) is 0.513. The van der Waals surface area contributed by atoms with Crippen LogP contribution in [0, 0.1) is 24.7 Å². The molecule has 1 aromatic heterocycles. The molecule has 0 atom stereocenters. The average Bonchev–Trinajstić information content (AvgIpc) is 2.66. The molecule has 0 amide bonds. The van der Waals surface area contributed by atoms with E-state index in [0.29, 0.717) is 25.6 Å². The minimum Gasteiger partial charge on any atom is -0.377 e. The SMILES string of the molecule is CNC(=N)NCCNc1c(C=N)nc(NCc2ccc(C)c(C)c2)[nH]c1=O. The summed E-state index contributed by atoms with van der Waals surface area (Å²) in [7, 11) is 1.65. The van der Waals surface area contributed by atoms with Crippen LogP contribution in [0.5, 0.6) is 0 Å². The molecule has 1 heterocycles. The normalized spacial score (nSPS) is 10.2. The average molecular weight is 370 g/mol. The number of aromatic nitrogens is 2. The van der Waals surface area contributed by atoms with Gasteiger partial charge in [-0.2, -0.15) is 0 Å². The van der Waals surface area contributed by atoms with Gasteiger partial charge in [0.2, 0.25) is 5.95 Å². The fourth-order valence-corrected chi connectivity index (χ4v) is 2.41. The lowest BCUT2D eigenvalue weighted by atomic mass is 10.1. The summed E-state index contributed by atoms with van der Waals surface area (Å²) in [6.45, 7) is 5.49. The van der Waals surface area contributed by atoms with Crippen molar-refractivity contribution >= 4 is 23.8 Å². The highest BCUT2D eigenvalue weighted by atomic mass is 16.1. The van der Waals surface area contributed by atoms with Gasteiger partial charge >= 0.3 is 0 Å². The van der Waals surface area contributed by atoms with E-state index in [1.807, 2.05) is 6.07 Å². The van der Waals surface area contributed by atoms with Crippen molar-refractivity contribution in [1.29, 1.82) is 10.8 Å². The molecular weight excluding hydrogens is 344 g/mol. The first-order valence-corrected chi connectivity index (χ1v) is 8.63. The molecule has 0 bridgehead atoms. The minimum atomic E-state index is -0.352. The van der Waals surface area contributed by atoms with E-state index in [0.717, 1.165) is 11.8 Å². The smallest absolute Gasteiger partial charge is 0.276 e. The number of guanidine groups is 1. The lowest BCUT2D eigenvalue weighted by molar-refractivity contribution is 0.858. The number of anilines is 2. The maximum Gasteiger partial charge on any atom is 0.276 e. The predicted molar refractivity (Wildman–Crippen MR) is 109 cm³/mol. The zero-order valence-corrected chi connectivity index (χ0v) is 15.8. The molecule has 0 aliphatic rings. The molecule has 9 heteroatoms. The van der Waals surface area contributed by atoms with E-state index < -0.39 is 0 Å². The van der Waals surface area contributed by atoms with Crippen LogP contribution in [-0.2, 0) is 6.54 Å². The first-order valence-electron chi connectivity index (χ1n) is 8.63. The fraction of sp³-hybridized carbons (Fsp3) is 0.333. The topological polar surface area (TPSA) is 142 Å². The van der Waals surface area contributed by atoms with Crippen molar-refractivity contribution in [2.45, 2.75) is 20.4 Å². The Labute approximate surface area is 158 Å². The Morgan fingerprint density at radius 2 is 2.00 bits per heavy atom. The Morgan fingerprint density at radius 1 is 1.22 bits per heavy atom. The van der Waals surface area contributed by atoms with Crippen LogP contribution in [0.25, 0.3) is 0 Å². The summed E-state index contributed by atoms with van der Waals surface area (Å²) < 4.78 is 0. The molecule has 1 aromatic carbocycles. The van der Waals surface area contributed by atoms with Crippen LogP contribution in [0.1, 0.15) is 22.4 Å². The van der Waals surface area contributed by atoms with E-state index in [1.54, 1.807) is 7.05 Å². The number of rotatable bonds is 8. The predicted octanol–water partition coefficient (Wildman–Crippen LogP) is 1.15. The third-order valence-corrected chi connectivity index (χ3v) is 4.09. The number of benzene rings is 1. The van der Waals surface area contributed by atoms with E-state index in [-0.39, 0.29) is 22.9 Å². The molecule has 0 spiro atoms. The van der Waals surface area contributed by atoms with Crippen LogP contribution < -0.4 is 26.8 Å². The van der Waals surface area contributed by atoms with Gasteiger partial charge in [0.15, 0.2) is 5.96 Å². The molecule has 0 radical (unpaired) electrons. The lowest BCUT2D eigenvalue weighted by Gasteiger charge is -2.12. The maximum absolute atomic E-state index is 12.3. The number of hydrogen-bond donors (Lipinski definition) is 7. The van der Waals surface area contributed by atoms with Gasteiger partial charge in [-0.3, -0.25) is 15.2 Å². The Morgan fingerprint density at radius 3 is 2.67 bits per heavy atom. The molecule has 0 unspecified atom stereocenters. The van der Waals surface area contributed by atoms with Gasteiger partial charge < -0.3 is 26.7 Å². The van der Waals surface area contributed by atoms with Gasteiger partial charge in [-0.1, -0.05) is 18.2 Å². The summed E-state index contributed by atoms with van der Waals surface area (Å²) in [6, 6.07) is 6.17. The number of nitrogens with zero attached hydrogens (tertiary/aromatic N) is 1. The van der Waals surface area contributed by atoms with Gasteiger partial charge in [-0.25, -0.2) is 4.98 Å². The number of aryl methyl sites for hydroxylation is 2. The van der Waals surface area contributed by atoms with Crippen LogP contribution in [0.4, 0.5) is 11.6 Å². The molecule has 0 saturated carbocycles. The van der Waals surface area contributed by atoms with Gasteiger partial charge in [0.25, 0.3) is 5.56 Å². The van der Waals surface area contributed by atoms with Gasteiger partial charge in [0, 0.05) is 32.9 Å². The summed E-state index contributed by atoms with van der Waals surface area (Å²) >= 11 is 0. The van der Waals surface area contributed by atoms with Crippen molar-refractivity contribution in [3.8, 4) is 0 Å². The number of aromatic amines is 1. The Kier molecular flexibility index (Phi) is 6.93. The molecule has 2 aromatic rings. The number of H-pyrrole nitrogens is 1. The molecule has 2 rings (SSSR count). The highest BCUT2D eigenvalue weighted by molar-refractivity contribution is 5.83. The van der Waals surface area contributed by atoms with Crippen LogP contribution >= 0.6 is 0 Å². The van der Waals surface area contributed by atoms with Gasteiger partial charge in [0.1, 0.15) is 11.4 Å². The molecule has 144 valence electrons. The third-order valence-electron chi connectivity index (χ3n) is 4.09. The lowest BCUT2D eigenvalue weighted by Crippen LogP contribution is -2.37. The van der Waals surface area contributed by atoms with E-state index in [4.69, 9.17) is 10.8 Å². The summed E-state index contributed by atoms with van der Waals surface area (Å²) in [4.78, 5) is 19.3. The van der Waals surface area contributed by atoms with E-state index >= 15 is 0 Å². The Bertz CT molecular complexity index is 874. The summed E-state index contributed by atoms with van der Waals surface area (Å²) in [5, 5.41) is 26.5. The first-order chi connectivity index (χ1) is 12.9. The summed E-state index contributed by atoms with van der Waals surface area (Å²) in [6.07, 6.45) is 1.04. The van der Waals surface area contributed by atoms with Crippen molar-refractivity contribution in [1.82, 2.24) is 20.6 Å².